The summed E-state index contributed by atoms with van der Waals surface area (Å²) >= 11 is 0. The van der Waals surface area contributed by atoms with Gasteiger partial charge in [0.2, 0.25) is 5.91 Å². The van der Waals surface area contributed by atoms with E-state index in [9.17, 15) is 9.18 Å². The molecule has 1 aliphatic heterocycles. The fraction of sp³-hybridized carbons (Fsp3) is 0.533. The molecule has 5 heteroatoms. The number of carbonyl (C=O) groups excluding carboxylic acids is 1. The van der Waals surface area contributed by atoms with Crippen LogP contribution >= 0.6 is 0 Å². The molecule has 1 aromatic carbocycles. The maximum absolute atomic E-state index is 12.9. The van der Waals surface area contributed by atoms with Gasteiger partial charge >= 0.3 is 0 Å². The average molecular weight is 280 g/mol. The Morgan fingerprint density at radius 1 is 1.40 bits per heavy atom. The molecule has 0 saturated carbocycles. The number of halogens is 1. The van der Waals surface area contributed by atoms with Crippen LogP contribution in [0.15, 0.2) is 24.3 Å². The summed E-state index contributed by atoms with van der Waals surface area (Å²) in [5.74, 6) is -0.407. The van der Waals surface area contributed by atoms with E-state index in [4.69, 9.17) is 4.74 Å². The van der Waals surface area contributed by atoms with Crippen molar-refractivity contribution in [3.05, 3.63) is 30.1 Å². The first kappa shape index (κ1) is 14.8. The molecule has 110 valence electrons. The topological polar surface area (TPSA) is 50.4 Å². The highest BCUT2D eigenvalue weighted by molar-refractivity contribution is 5.80. The minimum absolute atomic E-state index is 0.0925. The minimum Gasteiger partial charge on any atom is -0.378 e. The predicted octanol–water partition coefficient (Wildman–Crippen LogP) is 2.31. The first-order valence-corrected chi connectivity index (χ1v) is 7.12. The van der Waals surface area contributed by atoms with Crippen LogP contribution in [-0.4, -0.2) is 31.7 Å². The standard InChI is InChI=1S/C15H21FN2O2/c16-12-4-3-5-13(10-12)18-11-15(19)17-8-7-14-6-1-2-9-20-14/h3-5,10,14,18H,1-2,6-9,11H2,(H,17,19). The molecule has 1 amide bonds. The summed E-state index contributed by atoms with van der Waals surface area (Å²) in [5.41, 5.74) is 0.607. The Morgan fingerprint density at radius 3 is 3.05 bits per heavy atom. The first-order valence-electron chi connectivity index (χ1n) is 7.12. The minimum atomic E-state index is -0.315. The lowest BCUT2D eigenvalue weighted by Crippen LogP contribution is -2.33. The lowest BCUT2D eigenvalue weighted by atomic mass is 10.1. The zero-order chi connectivity index (χ0) is 14.2. The van der Waals surface area contributed by atoms with Gasteiger partial charge in [0.25, 0.3) is 0 Å². The van der Waals surface area contributed by atoms with E-state index in [-0.39, 0.29) is 24.4 Å². The molecule has 0 radical (unpaired) electrons. The van der Waals surface area contributed by atoms with Gasteiger partial charge in [0.05, 0.1) is 12.6 Å². The quantitative estimate of drug-likeness (QED) is 0.840. The van der Waals surface area contributed by atoms with E-state index < -0.39 is 0 Å². The highest BCUT2D eigenvalue weighted by Gasteiger charge is 2.13. The Morgan fingerprint density at radius 2 is 2.30 bits per heavy atom. The molecule has 20 heavy (non-hydrogen) atoms. The van der Waals surface area contributed by atoms with Gasteiger partial charge in [-0.15, -0.1) is 0 Å². The van der Waals surface area contributed by atoms with Gasteiger partial charge in [-0.1, -0.05) is 6.07 Å². The van der Waals surface area contributed by atoms with Gasteiger partial charge < -0.3 is 15.4 Å². The fourth-order valence-corrected chi connectivity index (χ4v) is 2.25. The zero-order valence-corrected chi connectivity index (χ0v) is 11.5. The average Bonchev–Trinajstić information content (AvgIpc) is 2.46. The Bertz CT molecular complexity index is 434. The van der Waals surface area contributed by atoms with E-state index in [0.717, 1.165) is 25.9 Å². The second kappa shape index (κ2) is 7.85. The number of benzene rings is 1. The second-order valence-electron chi connectivity index (χ2n) is 4.99. The SMILES string of the molecule is O=C(CNc1cccc(F)c1)NCCC1CCCCO1. The number of anilines is 1. The number of rotatable bonds is 6. The fourth-order valence-electron chi connectivity index (χ4n) is 2.25. The van der Waals surface area contributed by atoms with Crippen LogP contribution in [-0.2, 0) is 9.53 Å². The van der Waals surface area contributed by atoms with E-state index in [1.54, 1.807) is 12.1 Å². The third kappa shape index (κ3) is 5.17. The van der Waals surface area contributed by atoms with Crippen LogP contribution in [0.1, 0.15) is 25.7 Å². The molecule has 1 unspecified atom stereocenters. The molecule has 1 aromatic rings. The Kier molecular flexibility index (Phi) is 5.80. The Balaban J connectivity index is 1.60. The van der Waals surface area contributed by atoms with Crippen molar-refractivity contribution in [2.45, 2.75) is 31.8 Å². The Hall–Kier alpha value is -1.62. The molecular weight excluding hydrogens is 259 g/mol. The highest BCUT2D eigenvalue weighted by Crippen LogP contribution is 2.14. The summed E-state index contributed by atoms with van der Waals surface area (Å²) < 4.78 is 18.5. The predicted molar refractivity (Wildman–Crippen MR) is 76.1 cm³/mol. The van der Waals surface area contributed by atoms with Gasteiger partial charge in [0.1, 0.15) is 5.82 Å². The molecule has 0 bridgehead atoms. The van der Waals surface area contributed by atoms with Crippen LogP contribution in [0.3, 0.4) is 0 Å². The van der Waals surface area contributed by atoms with Gasteiger partial charge in [-0.25, -0.2) is 4.39 Å². The van der Waals surface area contributed by atoms with Gasteiger partial charge in [-0.05, 0) is 43.9 Å². The second-order valence-corrected chi connectivity index (χ2v) is 4.99. The van der Waals surface area contributed by atoms with Crippen molar-refractivity contribution in [2.24, 2.45) is 0 Å². The molecule has 0 aromatic heterocycles. The van der Waals surface area contributed by atoms with Crippen molar-refractivity contribution in [1.82, 2.24) is 5.32 Å². The van der Waals surface area contributed by atoms with Crippen LogP contribution in [0.4, 0.5) is 10.1 Å². The Labute approximate surface area is 118 Å². The smallest absolute Gasteiger partial charge is 0.239 e. The van der Waals surface area contributed by atoms with E-state index in [1.165, 1.54) is 18.6 Å². The first-order chi connectivity index (χ1) is 9.74. The molecule has 0 aliphatic carbocycles. The molecule has 1 saturated heterocycles. The highest BCUT2D eigenvalue weighted by atomic mass is 19.1. The number of ether oxygens (including phenoxy) is 1. The lowest BCUT2D eigenvalue weighted by Gasteiger charge is -2.22. The summed E-state index contributed by atoms with van der Waals surface area (Å²) in [6.45, 7) is 1.60. The molecular formula is C15H21FN2O2. The molecule has 1 aliphatic rings. The van der Waals surface area contributed by atoms with Gasteiger partial charge in [0, 0.05) is 18.8 Å². The molecule has 0 spiro atoms. The van der Waals surface area contributed by atoms with Crippen LogP contribution in [0.25, 0.3) is 0 Å². The summed E-state index contributed by atoms with van der Waals surface area (Å²) in [5, 5.41) is 5.73. The maximum Gasteiger partial charge on any atom is 0.239 e. The molecule has 1 atom stereocenters. The number of nitrogens with one attached hydrogen (secondary N) is 2. The molecule has 2 rings (SSSR count). The number of hydrogen-bond donors (Lipinski definition) is 2. The summed E-state index contributed by atoms with van der Waals surface area (Å²) in [4.78, 5) is 11.6. The molecule has 4 nitrogen and oxygen atoms in total. The summed E-state index contributed by atoms with van der Waals surface area (Å²) in [7, 11) is 0. The van der Waals surface area contributed by atoms with Crippen LogP contribution in [0.2, 0.25) is 0 Å². The van der Waals surface area contributed by atoms with Crippen LogP contribution < -0.4 is 10.6 Å². The van der Waals surface area contributed by atoms with Crippen molar-refractivity contribution in [2.75, 3.05) is 25.0 Å². The van der Waals surface area contributed by atoms with Crippen molar-refractivity contribution in [3.8, 4) is 0 Å². The van der Waals surface area contributed by atoms with Crippen LogP contribution in [0.5, 0.6) is 0 Å². The summed E-state index contributed by atoms with van der Waals surface area (Å²) in [6.07, 6.45) is 4.56. The van der Waals surface area contributed by atoms with Crippen molar-refractivity contribution >= 4 is 11.6 Å². The van der Waals surface area contributed by atoms with Gasteiger partial charge in [-0.3, -0.25) is 4.79 Å². The van der Waals surface area contributed by atoms with Crippen LogP contribution in [0, 0.1) is 5.82 Å². The van der Waals surface area contributed by atoms with Crippen molar-refractivity contribution in [3.63, 3.8) is 0 Å². The lowest BCUT2D eigenvalue weighted by molar-refractivity contribution is -0.119. The molecule has 2 N–H and O–H groups in total. The monoisotopic (exact) mass is 280 g/mol. The van der Waals surface area contributed by atoms with Crippen molar-refractivity contribution < 1.29 is 13.9 Å². The third-order valence-corrected chi connectivity index (χ3v) is 3.34. The largest absolute Gasteiger partial charge is 0.378 e. The third-order valence-electron chi connectivity index (χ3n) is 3.34. The van der Waals surface area contributed by atoms with Gasteiger partial charge in [0.15, 0.2) is 0 Å². The molecule has 1 fully saturated rings. The molecule has 1 heterocycles. The van der Waals surface area contributed by atoms with E-state index in [2.05, 4.69) is 10.6 Å². The van der Waals surface area contributed by atoms with Crippen molar-refractivity contribution in [1.29, 1.82) is 0 Å². The normalized spacial score (nSPS) is 18.6. The number of carbonyl (C=O) groups is 1. The summed E-state index contributed by atoms with van der Waals surface area (Å²) in [6, 6.07) is 6.07. The zero-order valence-electron chi connectivity index (χ0n) is 11.5. The number of hydrogen-bond acceptors (Lipinski definition) is 3. The van der Waals surface area contributed by atoms with Gasteiger partial charge in [-0.2, -0.15) is 0 Å². The van der Waals surface area contributed by atoms with E-state index in [0.29, 0.717) is 12.2 Å². The maximum atomic E-state index is 12.9. The van der Waals surface area contributed by atoms with E-state index >= 15 is 0 Å². The van der Waals surface area contributed by atoms with E-state index in [1.807, 2.05) is 0 Å². The number of amides is 1.